The number of nitrogens with one attached hydrogen (secondary N) is 2. The van der Waals surface area contributed by atoms with Crippen molar-refractivity contribution in [3.05, 3.63) is 16.1 Å². The van der Waals surface area contributed by atoms with Crippen LogP contribution in [0.25, 0.3) is 0 Å². The number of thiazole rings is 1. The zero-order valence-corrected chi connectivity index (χ0v) is 22.5. The van der Waals surface area contributed by atoms with E-state index < -0.39 is 0 Å². The maximum absolute atomic E-state index is 4.97. The van der Waals surface area contributed by atoms with Crippen LogP contribution in [0.1, 0.15) is 63.1 Å². The summed E-state index contributed by atoms with van der Waals surface area (Å²) in [4.78, 5) is 14.9. The molecule has 0 atom stereocenters. The molecule has 4 rings (SSSR count). The average Bonchev–Trinajstić information content (AvgIpc) is 3.53. The van der Waals surface area contributed by atoms with Crippen LogP contribution in [0.3, 0.4) is 0 Å². The molecule has 176 valence electrons. The summed E-state index contributed by atoms with van der Waals surface area (Å²) in [6.45, 7) is 12.1. The van der Waals surface area contributed by atoms with Gasteiger partial charge in [0, 0.05) is 50.2 Å². The Bertz CT molecular complexity index is 675. The van der Waals surface area contributed by atoms with E-state index in [4.69, 9.17) is 9.98 Å². The number of halogens is 1. The van der Waals surface area contributed by atoms with Crippen LogP contribution in [-0.2, 0) is 13.0 Å². The van der Waals surface area contributed by atoms with E-state index in [9.17, 15) is 0 Å². The quantitative estimate of drug-likeness (QED) is 0.289. The summed E-state index contributed by atoms with van der Waals surface area (Å²) in [6, 6.07) is 1.48. The van der Waals surface area contributed by atoms with E-state index in [1.165, 1.54) is 75.4 Å². The van der Waals surface area contributed by atoms with Crippen LogP contribution in [0.4, 0.5) is 0 Å². The minimum atomic E-state index is 0. The standard InChI is InChI=1S/C23H40N6S.HI/c1-3-22-26-20(17-30-22)16-28-11-7-18(8-12-28)15-25-23(24-4-2)27-19-9-13-29(14-10-19)21-5-6-21;/h17-19,21H,3-16H2,1-2H3,(H2,24,25,27);1H. The van der Waals surface area contributed by atoms with Crippen molar-refractivity contribution in [2.75, 3.05) is 39.3 Å². The number of rotatable bonds is 8. The molecule has 2 saturated heterocycles. The molecule has 6 nitrogen and oxygen atoms in total. The molecule has 1 saturated carbocycles. The molecule has 1 aliphatic carbocycles. The van der Waals surface area contributed by atoms with Crippen LogP contribution < -0.4 is 10.6 Å². The van der Waals surface area contributed by atoms with Crippen molar-refractivity contribution in [3.63, 3.8) is 0 Å². The number of aliphatic imine (C=N–C) groups is 1. The first-order chi connectivity index (χ1) is 14.7. The van der Waals surface area contributed by atoms with Gasteiger partial charge in [0.05, 0.1) is 10.7 Å². The van der Waals surface area contributed by atoms with Crippen molar-refractivity contribution in [1.29, 1.82) is 0 Å². The van der Waals surface area contributed by atoms with Crippen LogP contribution >= 0.6 is 35.3 Å². The summed E-state index contributed by atoms with van der Waals surface area (Å²) in [6.07, 6.45) is 8.87. The van der Waals surface area contributed by atoms with Crippen LogP contribution in [0, 0.1) is 5.92 Å². The number of hydrogen-bond acceptors (Lipinski definition) is 5. The average molecular weight is 561 g/mol. The molecular formula is C23H41IN6S. The van der Waals surface area contributed by atoms with Gasteiger partial charge in [0.2, 0.25) is 0 Å². The minimum absolute atomic E-state index is 0. The molecule has 3 fully saturated rings. The number of nitrogens with zero attached hydrogens (tertiary/aromatic N) is 4. The molecular weight excluding hydrogens is 519 g/mol. The highest BCUT2D eigenvalue weighted by Gasteiger charge is 2.32. The summed E-state index contributed by atoms with van der Waals surface area (Å²) in [7, 11) is 0. The van der Waals surface area contributed by atoms with Gasteiger partial charge in [0.25, 0.3) is 0 Å². The molecule has 2 aliphatic heterocycles. The summed E-state index contributed by atoms with van der Waals surface area (Å²) < 4.78 is 0. The third kappa shape index (κ3) is 7.82. The summed E-state index contributed by atoms with van der Waals surface area (Å²) in [5.74, 6) is 1.73. The smallest absolute Gasteiger partial charge is 0.191 e. The van der Waals surface area contributed by atoms with Crippen LogP contribution in [0.2, 0.25) is 0 Å². The molecule has 2 N–H and O–H groups in total. The Hall–Kier alpha value is -0.450. The zero-order chi connectivity index (χ0) is 20.8. The predicted molar refractivity (Wildman–Crippen MR) is 142 cm³/mol. The first kappa shape index (κ1) is 25.2. The molecule has 31 heavy (non-hydrogen) atoms. The number of piperidine rings is 2. The van der Waals surface area contributed by atoms with Gasteiger partial charge in [0.1, 0.15) is 0 Å². The lowest BCUT2D eigenvalue weighted by molar-refractivity contribution is 0.179. The predicted octanol–water partition coefficient (Wildman–Crippen LogP) is 3.72. The highest BCUT2D eigenvalue weighted by Crippen LogP contribution is 2.29. The summed E-state index contributed by atoms with van der Waals surface area (Å²) in [5.41, 5.74) is 1.25. The molecule has 0 unspecified atom stereocenters. The fourth-order valence-corrected chi connectivity index (χ4v) is 5.46. The number of likely N-dealkylation sites (tertiary alicyclic amines) is 2. The fraction of sp³-hybridized carbons (Fsp3) is 0.826. The van der Waals surface area contributed by atoms with Gasteiger partial charge in [0.15, 0.2) is 5.96 Å². The second-order valence-corrected chi connectivity index (χ2v) is 10.2. The molecule has 1 aromatic heterocycles. The second kappa shape index (κ2) is 12.7. The van der Waals surface area contributed by atoms with Gasteiger partial charge in [-0.3, -0.25) is 9.89 Å². The second-order valence-electron chi connectivity index (χ2n) is 9.21. The maximum Gasteiger partial charge on any atom is 0.191 e. The van der Waals surface area contributed by atoms with Crippen molar-refractivity contribution in [3.8, 4) is 0 Å². The molecule has 0 spiro atoms. The van der Waals surface area contributed by atoms with E-state index in [0.717, 1.165) is 38.1 Å². The Morgan fingerprint density at radius 2 is 1.84 bits per heavy atom. The van der Waals surface area contributed by atoms with Crippen molar-refractivity contribution in [1.82, 2.24) is 25.4 Å². The summed E-state index contributed by atoms with van der Waals surface area (Å²) >= 11 is 1.80. The third-order valence-electron chi connectivity index (χ3n) is 6.78. The van der Waals surface area contributed by atoms with Gasteiger partial charge < -0.3 is 15.5 Å². The van der Waals surface area contributed by atoms with E-state index in [2.05, 4.69) is 39.7 Å². The van der Waals surface area contributed by atoms with Gasteiger partial charge in [-0.2, -0.15) is 0 Å². The minimum Gasteiger partial charge on any atom is -0.357 e. The van der Waals surface area contributed by atoms with Crippen LogP contribution in [0.15, 0.2) is 10.4 Å². The number of hydrogen-bond donors (Lipinski definition) is 2. The molecule has 0 bridgehead atoms. The highest BCUT2D eigenvalue weighted by molar-refractivity contribution is 14.0. The van der Waals surface area contributed by atoms with Crippen molar-refractivity contribution < 1.29 is 0 Å². The first-order valence-corrected chi connectivity index (χ1v) is 13.1. The van der Waals surface area contributed by atoms with Crippen molar-refractivity contribution >= 4 is 41.3 Å². The van der Waals surface area contributed by atoms with E-state index in [1.807, 2.05) is 0 Å². The van der Waals surface area contributed by atoms with E-state index >= 15 is 0 Å². The molecule has 3 aliphatic rings. The largest absolute Gasteiger partial charge is 0.357 e. The van der Waals surface area contributed by atoms with Gasteiger partial charge in [-0.05, 0) is 70.9 Å². The summed E-state index contributed by atoms with van der Waals surface area (Å²) in [5, 5.41) is 10.7. The Labute approximate surface area is 209 Å². The lowest BCUT2D eigenvalue weighted by atomic mass is 9.97. The normalized spacial score (nSPS) is 22.3. The third-order valence-corrected chi connectivity index (χ3v) is 7.82. The number of guanidine groups is 1. The van der Waals surface area contributed by atoms with Crippen molar-refractivity contribution in [2.24, 2.45) is 10.9 Å². The lowest BCUT2D eigenvalue weighted by Gasteiger charge is -2.33. The molecule has 8 heteroatoms. The SMILES string of the molecule is CCNC(=NCC1CCN(Cc2csc(CC)n2)CC1)NC1CCN(C2CC2)CC1.I. The topological polar surface area (TPSA) is 55.8 Å². The number of aryl methyl sites for hydroxylation is 1. The Morgan fingerprint density at radius 3 is 2.45 bits per heavy atom. The molecule has 1 aromatic rings. The Morgan fingerprint density at radius 1 is 1.10 bits per heavy atom. The molecule has 0 aromatic carbocycles. The molecule has 0 radical (unpaired) electrons. The van der Waals surface area contributed by atoms with Gasteiger partial charge in [-0.1, -0.05) is 6.92 Å². The molecule has 0 amide bonds. The fourth-order valence-electron chi connectivity index (χ4n) is 4.72. The Kier molecular flexibility index (Phi) is 10.3. The zero-order valence-electron chi connectivity index (χ0n) is 19.3. The van der Waals surface area contributed by atoms with Crippen molar-refractivity contribution in [2.45, 2.75) is 77.4 Å². The van der Waals surface area contributed by atoms with Gasteiger partial charge >= 0.3 is 0 Å². The van der Waals surface area contributed by atoms with Crippen LogP contribution in [-0.4, -0.2) is 72.1 Å². The number of aromatic nitrogens is 1. The van der Waals surface area contributed by atoms with Gasteiger partial charge in [-0.25, -0.2) is 4.98 Å². The first-order valence-electron chi connectivity index (χ1n) is 12.2. The van der Waals surface area contributed by atoms with Crippen LogP contribution in [0.5, 0.6) is 0 Å². The van der Waals surface area contributed by atoms with E-state index in [-0.39, 0.29) is 24.0 Å². The van der Waals surface area contributed by atoms with E-state index in [1.54, 1.807) is 11.3 Å². The van der Waals surface area contributed by atoms with E-state index in [0.29, 0.717) is 12.0 Å². The van der Waals surface area contributed by atoms with Gasteiger partial charge in [-0.15, -0.1) is 35.3 Å². The monoisotopic (exact) mass is 560 g/mol. The lowest BCUT2D eigenvalue weighted by Crippen LogP contribution is -2.49. The maximum atomic E-state index is 4.97. The Balaban J connectivity index is 0.00000272. The highest BCUT2D eigenvalue weighted by atomic mass is 127. The molecule has 3 heterocycles.